The summed E-state index contributed by atoms with van der Waals surface area (Å²) in [5.74, 6) is 3.58. The second kappa shape index (κ2) is 9.06. The number of hydrogen-bond donors (Lipinski definition) is 1. The van der Waals surface area contributed by atoms with E-state index in [1.54, 1.807) is 0 Å². The maximum atomic E-state index is 6.21. The van der Waals surface area contributed by atoms with Gasteiger partial charge in [-0.1, -0.05) is 54.1 Å². The predicted octanol–water partition coefficient (Wildman–Crippen LogP) is 7.80. The Labute approximate surface area is 208 Å². The number of hydrogen-bond acceptors (Lipinski definition) is 2. The van der Waals surface area contributed by atoms with Crippen LogP contribution in [0.5, 0.6) is 11.5 Å². The molecule has 4 aliphatic carbocycles. The molecule has 0 aliphatic heterocycles. The largest absolute Gasteiger partial charge is 0.457 e. The average Bonchev–Trinajstić information content (AvgIpc) is 2.82. The van der Waals surface area contributed by atoms with Crippen molar-refractivity contribution in [2.24, 2.45) is 17.3 Å². The van der Waals surface area contributed by atoms with Crippen molar-refractivity contribution < 1.29 is 4.74 Å². The third-order valence-corrected chi connectivity index (χ3v) is 8.86. The van der Waals surface area contributed by atoms with Crippen molar-refractivity contribution in [2.75, 3.05) is 13.1 Å². The second-order valence-electron chi connectivity index (χ2n) is 11.2. The highest BCUT2D eigenvalue weighted by molar-refractivity contribution is 6.30. The lowest BCUT2D eigenvalue weighted by molar-refractivity contribution is -0.0705. The molecule has 0 saturated heterocycles. The minimum atomic E-state index is 0.374. The molecule has 4 bridgehead atoms. The molecule has 34 heavy (non-hydrogen) atoms. The van der Waals surface area contributed by atoms with E-state index in [1.165, 1.54) is 49.7 Å². The van der Waals surface area contributed by atoms with Crippen molar-refractivity contribution in [3.63, 3.8) is 0 Å². The second-order valence-corrected chi connectivity index (χ2v) is 11.7. The SMILES string of the molecule is Clc1ccc(C23CC4CC(CC(CNCCc5cccc(Oc6ccccc6)c5)(C4)C2)C3)cc1. The standard InChI is InChI=1S/C31H34ClNO/c32-27-11-9-26(10-12-27)31-19-24-15-25(20-31)18-30(17-24,21-31)22-33-14-13-23-5-4-8-29(16-23)34-28-6-2-1-3-7-28/h1-12,16,24-25,33H,13-15,17-22H2. The number of ether oxygens (including phenoxy) is 1. The van der Waals surface area contributed by atoms with Crippen LogP contribution in [0, 0.1) is 17.3 Å². The van der Waals surface area contributed by atoms with Gasteiger partial charge in [-0.15, -0.1) is 0 Å². The van der Waals surface area contributed by atoms with Gasteiger partial charge >= 0.3 is 0 Å². The number of halogens is 1. The lowest BCUT2D eigenvalue weighted by Crippen LogP contribution is -2.57. The Bertz CT molecular complexity index is 1110. The minimum Gasteiger partial charge on any atom is -0.457 e. The molecule has 4 aliphatic rings. The first-order valence-corrected chi connectivity index (χ1v) is 13.3. The average molecular weight is 472 g/mol. The van der Waals surface area contributed by atoms with Gasteiger partial charge in [0.2, 0.25) is 0 Å². The van der Waals surface area contributed by atoms with E-state index in [0.29, 0.717) is 10.8 Å². The smallest absolute Gasteiger partial charge is 0.127 e. The van der Waals surface area contributed by atoms with Crippen LogP contribution >= 0.6 is 11.6 Å². The number of para-hydroxylation sites is 1. The van der Waals surface area contributed by atoms with Gasteiger partial charge in [0, 0.05) is 11.6 Å². The molecule has 0 radical (unpaired) electrons. The zero-order valence-corrected chi connectivity index (χ0v) is 20.6. The lowest BCUT2D eigenvalue weighted by atomic mass is 9.43. The van der Waals surface area contributed by atoms with E-state index in [1.807, 2.05) is 36.4 Å². The molecule has 1 N–H and O–H groups in total. The monoisotopic (exact) mass is 471 g/mol. The highest BCUT2D eigenvalue weighted by Gasteiger charge is 2.57. The Morgan fingerprint density at radius 1 is 0.824 bits per heavy atom. The Balaban J connectivity index is 1.08. The summed E-state index contributed by atoms with van der Waals surface area (Å²) in [6.45, 7) is 2.16. The van der Waals surface area contributed by atoms with Gasteiger partial charge in [-0.2, -0.15) is 0 Å². The molecule has 0 spiro atoms. The van der Waals surface area contributed by atoms with E-state index < -0.39 is 0 Å². The fourth-order valence-corrected chi connectivity index (χ4v) is 7.90. The molecule has 3 heteroatoms. The number of nitrogens with one attached hydrogen (secondary N) is 1. The Morgan fingerprint density at radius 3 is 2.32 bits per heavy atom. The van der Waals surface area contributed by atoms with Crippen molar-refractivity contribution in [3.8, 4) is 11.5 Å². The van der Waals surface area contributed by atoms with Crippen LogP contribution in [0.1, 0.15) is 49.7 Å². The van der Waals surface area contributed by atoms with Gasteiger partial charge < -0.3 is 10.1 Å². The molecular weight excluding hydrogens is 438 g/mol. The number of rotatable bonds is 8. The van der Waals surface area contributed by atoms with Crippen molar-refractivity contribution in [1.29, 1.82) is 0 Å². The van der Waals surface area contributed by atoms with Crippen LogP contribution in [0.2, 0.25) is 5.02 Å². The van der Waals surface area contributed by atoms with E-state index in [-0.39, 0.29) is 0 Å². The molecule has 4 fully saturated rings. The highest BCUT2D eigenvalue weighted by Crippen LogP contribution is 2.65. The summed E-state index contributed by atoms with van der Waals surface area (Å²) >= 11 is 6.21. The zero-order valence-electron chi connectivity index (χ0n) is 19.8. The van der Waals surface area contributed by atoms with Gasteiger partial charge in [0.05, 0.1) is 0 Å². The van der Waals surface area contributed by atoms with Crippen LogP contribution in [0.4, 0.5) is 0 Å². The maximum Gasteiger partial charge on any atom is 0.127 e. The fraction of sp³-hybridized carbons (Fsp3) is 0.419. The fourth-order valence-electron chi connectivity index (χ4n) is 7.78. The summed E-state index contributed by atoms with van der Waals surface area (Å²) < 4.78 is 6.02. The van der Waals surface area contributed by atoms with Crippen LogP contribution in [0.25, 0.3) is 0 Å². The summed E-state index contributed by atoms with van der Waals surface area (Å²) in [7, 11) is 0. The van der Waals surface area contributed by atoms with Crippen LogP contribution < -0.4 is 10.1 Å². The van der Waals surface area contributed by atoms with E-state index in [9.17, 15) is 0 Å². The number of benzene rings is 3. The summed E-state index contributed by atoms with van der Waals surface area (Å²) in [5, 5.41) is 4.73. The Morgan fingerprint density at radius 2 is 1.56 bits per heavy atom. The van der Waals surface area contributed by atoms with E-state index >= 15 is 0 Å². The maximum absolute atomic E-state index is 6.21. The topological polar surface area (TPSA) is 21.3 Å². The Kier molecular flexibility index (Phi) is 5.91. The minimum absolute atomic E-state index is 0.374. The molecule has 3 aromatic rings. The molecular formula is C31H34ClNO. The van der Waals surface area contributed by atoms with Gasteiger partial charge in [-0.3, -0.25) is 0 Å². The Hall–Kier alpha value is -2.29. The molecule has 4 saturated carbocycles. The molecule has 2 nitrogen and oxygen atoms in total. The van der Waals surface area contributed by atoms with Crippen molar-refractivity contribution in [3.05, 3.63) is 95.0 Å². The third-order valence-electron chi connectivity index (χ3n) is 8.61. The lowest BCUT2D eigenvalue weighted by Gasteiger charge is -2.62. The van der Waals surface area contributed by atoms with Crippen molar-refractivity contribution >= 4 is 11.6 Å². The van der Waals surface area contributed by atoms with Crippen LogP contribution in [-0.2, 0) is 11.8 Å². The van der Waals surface area contributed by atoms with Gasteiger partial charge in [0.15, 0.2) is 0 Å². The van der Waals surface area contributed by atoms with E-state index in [4.69, 9.17) is 16.3 Å². The molecule has 176 valence electrons. The summed E-state index contributed by atoms with van der Waals surface area (Å²) in [4.78, 5) is 0. The quantitative estimate of drug-likeness (QED) is 0.338. The van der Waals surface area contributed by atoms with Crippen molar-refractivity contribution in [2.45, 2.75) is 50.4 Å². The van der Waals surface area contributed by atoms with E-state index in [2.05, 4.69) is 47.8 Å². The summed E-state index contributed by atoms with van der Waals surface area (Å²) in [6, 6.07) is 27.3. The molecule has 2 unspecified atom stereocenters. The molecule has 3 aromatic carbocycles. The van der Waals surface area contributed by atoms with Gasteiger partial charge in [-0.05, 0) is 122 Å². The summed E-state index contributed by atoms with van der Waals surface area (Å²) in [5.41, 5.74) is 3.69. The molecule has 0 amide bonds. The predicted molar refractivity (Wildman–Crippen MR) is 140 cm³/mol. The van der Waals surface area contributed by atoms with Gasteiger partial charge in [0.1, 0.15) is 11.5 Å². The van der Waals surface area contributed by atoms with E-state index in [0.717, 1.165) is 47.9 Å². The first kappa shape index (κ1) is 22.2. The molecule has 0 heterocycles. The van der Waals surface area contributed by atoms with Crippen LogP contribution in [0.15, 0.2) is 78.9 Å². The normalized spacial score (nSPS) is 29.3. The molecule has 7 rings (SSSR count). The van der Waals surface area contributed by atoms with Crippen LogP contribution in [0.3, 0.4) is 0 Å². The van der Waals surface area contributed by atoms with Crippen LogP contribution in [-0.4, -0.2) is 13.1 Å². The summed E-state index contributed by atoms with van der Waals surface area (Å²) in [6.07, 6.45) is 9.38. The molecule has 0 aromatic heterocycles. The first-order chi connectivity index (χ1) is 16.6. The van der Waals surface area contributed by atoms with Crippen molar-refractivity contribution in [1.82, 2.24) is 5.32 Å². The molecule has 2 atom stereocenters. The first-order valence-electron chi connectivity index (χ1n) is 12.9. The highest BCUT2D eigenvalue weighted by atomic mass is 35.5. The third kappa shape index (κ3) is 4.51. The van der Waals surface area contributed by atoms with Gasteiger partial charge in [-0.25, -0.2) is 0 Å². The zero-order chi connectivity index (χ0) is 23.0. The van der Waals surface area contributed by atoms with Gasteiger partial charge in [0.25, 0.3) is 0 Å².